The quantitative estimate of drug-likeness (QED) is 0.760. The highest BCUT2D eigenvalue weighted by Crippen LogP contribution is 2.28. The lowest BCUT2D eigenvalue weighted by Gasteiger charge is -2.07. The van der Waals surface area contributed by atoms with E-state index in [9.17, 15) is 0 Å². The Bertz CT molecular complexity index is 735. The number of ether oxygens (including phenoxy) is 2. The maximum Gasteiger partial charge on any atom is 0.242 e. The standard InChI is InChI=1S/C15H17N3O2S/c1-19-10-11-3-2-4-12(9-11)20-14-13(5-6-16)18-7-8-21-15(18)17-14/h2-4,7-9H,5-6,10,16H2,1H3. The Labute approximate surface area is 126 Å². The van der Waals surface area contributed by atoms with Crippen LogP contribution in [0.1, 0.15) is 11.3 Å². The van der Waals surface area contributed by atoms with Crippen LogP contribution in [0.5, 0.6) is 11.6 Å². The second-order valence-electron chi connectivity index (χ2n) is 4.64. The fourth-order valence-corrected chi connectivity index (χ4v) is 2.96. The minimum Gasteiger partial charge on any atom is -0.437 e. The molecule has 0 aliphatic carbocycles. The molecule has 3 aromatic rings. The molecule has 0 aliphatic heterocycles. The van der Waals surface area contributed by atoms with Gasteiger partial charge in [-0.3, -0.25) is 4.40 Å². The van der Waals surface area contributed by atoms with Crippen molar-refractivity contribution in [2.75, 3.05) is 13.7 Å². The summed E-state index contributed by atoms with van der Waals surface area (Å²) in [6, 6.07) is 7.83. The van der Waals surface area contributed by atoms with Gasteiger partial charge < -0.3 is 15.2 Å². The Kier molecular flexibility index (Phi) is 4.19. The second kappa shape index (κ2) is 6.26. The minimum absolute atomic E-state index is 0.559. The highest BCUT2D eigenvalue weighted by molar-refractivity contribution is 7.15. The van der Waals surface area contributed by atoms with Gasteiger partial charge in [-0.1, -0.05) is 12.1 Å². The predicted molar refractivity (Wildman–Crippen MR) is 83.1 cm³/mol. The predicted octanol–water partition coefficient (Wildman–Crippen LogP) is 2.84. The van der Waals surface area contributed by atoms with Crippen LogP contribution in [-0.2, 0) is 17.8 Å². The first-order chi connectivity index (χ1) is 10.3. The van der Waals surface area contributed by atoms with Crippen molar-refractivity contribution in [1.29, 1.82) is 0 Å². The van der Waals surface area contributed by atoms with E-state index in [0.717, 1.165) is 28.4 Å². The van der Waals surface area contributed by atoms with E-state index in [2.05, 4.69) is 4.98 Å². The van der Waals surface area contributed by atoms with Gasteiger partial charge in [0, 0.05) is 25.1 Å². The first-order valence-corrected chi connectivity index (χ1v) is 7.60. The van der Waals surface area contributed by atoms with Crippen LogP contribution in [0, 0.1) is 0 Å². The van der Waals surface area contributed by atoms with Gasteiger partial charge in [0.2, 0.25) is 5.88 Å². The number of hydrogen-bond acceptors (Lipinski definition) is 5. The molecule has 0 saturated carbocycles. The van der Waals surface area contributed by atoms with Crippen molar-refractivity contribution in [2.24, 2.45) is 5.73 Å². The molecule has 21 heavy (non-hydrogen) atoms. The summed E-state index contributed by atoms with van der Waals surface area (Å²) < 4.78 is 13.1. The average Bonchev–Trinajstić information content (AvgIpc) is 3.03. The Morgan fingerprint density at radius 1 is 1.38 bits per heavy atom. The SMILES string of the molecule is COCc1cccc(Oc2nc3sccn3c2CCN)c1. The first kappa shape index (κ1) is 14.1. The molecule has 0 fully saturated rings. The Balaban J connectivity index is 1.91. The molecular weight excluding hydrogens is 286 g/mol. The Morgan fingerprint density at radius 2 is 2.29 bits per heavy atom. The van der Waals surface area contributed by atoms with Gasteiger partial charge in [0.15, 0.2) is 4.96 Å². The molecule has 0 radical (unpaired) electrons. The summed E-state index contributed by atoms with van der Waals surface area (Å²) >= 11 is 1.58. The molecule has 0 spiro atoms. The first-order valence-electron chi connectivity index (χ1n) is 6.72. The summed E-state index contributed by atoms with van der Waals surface area (Å²) in [6.07, 6.45) is 2.72. The maximum absolute atomic E-state index is 5.96. The highest BCUT2D eigenvalue weighted by Gasteiger charge is 2.14. The summed E-state index contributed by atoms with van der Waals surface area (Å²) in [4.78, 5) is 5.45. The molecule has 2 aromatic heterocycles. The summed E-state index contributed by atoms with van der Waals surface area (Å²) in [6.45, 7) is 1.12. The van der Waals surface area contributed by atoms with Gasteiger partial charge in [-0.15, -0.1) is 11.3 Å². The molecule has 2 heterocycles. The van der Waals surface area contributed by atoms with E-state index < -0.39 is 0 Å². The number of aromatic nitrogens is 2. The van der Waals surface area contributed by atoms with Crippen LogP contribution in [0.4, 0.5) is 0 Å². The molecule has 5 nitrogen and oxygen atoms in total. The third-order valence-corrected chi connectivity index (χ3v) is 3.89. The third-order valence-electron chi connectivity index (χ3n) is 3.13. The zero-order valence-corrected chi connectivity index (χ0v) is 12.6. The van der Waals surface area contributed by atoms with Crippen LogP contribution >= 0.6 is 11.3 Å². The van der Waals surface area contributed by atoms with Crippen molar-refractivity contribution in [3.8, 4) is 11.6 Å². The van der Waals surface area contributed by atoms with Crippen LogP contribution in [-0.4, -0.2) is 23.0 Å². The van der Waals surface area contributed by atoms with Crippen molar-refractivity contribution in [2.45, 2.75) is 13.0 Å². The number of nitrogens with zero attached hydrogens (tertiary/aromatic N) is 2. The number of methoxy groups -OCH3 is 1. The monoisotopic (exact) mass is 303 g/mol. The number of thiazole rings is 1. The minimum atomic E-state index is 0.559. The molecule has 6 heteroatoms. The lowest BCUT2D eigenvalue weighted by Crippen LogP contribution is -2.05. The van der Waals surface area contributed by atoms with Crippen molar-refractivity contribution in [1.82, 2.24) is 9.38 Å². The lowest BCUT2D eigenvalue weighted by molar-refractivity contribution is 0.184. The van der Waals surface area contributed by atoms with Gasteiger partial charge in [-0.25, -0.2) is 0 Å². The van der Waals surface area contributed by atoms with E-state index >= 15 is 0 Å². The van der Waals surface area contributed by atoms with E-state index in [4.69, 9.17) is 15.2 Å². The molecule has 0 amide bonds. The van der Waals surface area contributed by atoms with Crippen molar-refractivity contribution in [3.05, 3.63) is 47.1 Å². The topological polar surface area (TPSA) is 61.8 Å². The Morgan fingerprint density at radius 3 is 3.10 bits per heavy atom. The number of nitrogens with two attached hydrogens (primary N) is 1. The number of fused-ring (bicyclic) bond motifs is 1. The van der Waals surface area contributed by atoms with E-state index in [0.29, 0.717) is 19.0 Å². The fraction of sp³-hybridized carbons (Fsp3) is 0.267. The molecule has 0 unspecified atom stereocenters. The van der Waals surface area contributed by atoms with E-state index in [1.54, 1.807) is 18.4 Å². The van der Waals surface area contributed by atoms with Crippen LogP contribution in [0.15, 0.2) is 35.8 Å². The Hall–Kier alpha value is -1.89. The smallest absolute Gasteiger partial charge is 0.242 e. The molecule has 110 valence electrons. The van der Waals surface area contributed by atoms with E-state index in [1.165, 1.54) is 0 Å². The summed E-state index contributed by atoms with van der Waals surface area (Å²) in [5, 5.41) is 2.01. The maximum atomic E-state index is 5.96. The van der Waals surface area contributed by atoms with Crippen molar-refractivity contribution >= 4 is 16.3 Å². The number of hydrogen-bond donors (Lipinski definition) is 1. The van der Waals surface area contributed by atoms with Gasteiger partial charge in [0.05, 0.1) is 12.3 Å². The van der Waals surface area contributed by atoms with E-state index in [-0.39, 0.29) is 0 Å². The van der Waals surface area contributed by atoms with Gasteiger partial charge in [-0.05, 0) is 24.2 Å². The highest BCUT2D eigenvalue weighted by atomic mass is 32.1. The molecule has 0 saturated heterocycles. The molecule has 0 atom stereocenters. The zero-order chi connectivity index (χ0) is 14.7. The molecule has 2 N–H and O–H groups in total. The molecule has 0 bridgehead atoms. The summed E-state index contributed by atoms with van der Waals surface area (Å²) in [7, 11) is 1.68. The molecular formula is C15H17N3O2S. The fourth-order valence-electron chi connectivity index (χ4n) is 2.24. The van der Waals surface area contributed by atoms with Crippen molar-refractivity contribution < 1.29 is 9.47 Å². The number of benzene rings is 1. The largest absolute Gasteiger partial charge is 0.437 e. The van der Waals surface area contributed by atoms with Gasteiger partial charge in [-0.2, -0.15) is 4.98 Å². The lowest BCUT2D eigenvalue weighted by atomic mass is 10.2. The molecule has 1 aromatic carbocycles. The van der Waals surface area contributed by atoms with Crippen LogP contribution < -0.4 is 10.5 Å². The van der Waals surface area contributed by atoms with Crippen molar-refractivity contribution in [3.63, 3.8) is 0 Å². The van der Waals surface area contributed by atoms with Crippen LogP contribution in [0.3, 0.4) is 0 Å². The number of imidazole rings is 1. The van der Waals surface area contributed by atoms with Gasteiger partial charge in [0.1, 0.15) is 5.75 Å². The zero-order valence-electron chi connectivity index (χ0n) is 11.8. The van der Waals surface area contributed by atoms with E-state index in [1.807, 2.05) is 40.2 Å². The summed E-state index contributed by atoms with van der Waals surface area (Å²) in [5.41, 5.74) is 7.77. The third kappa shape index (κ3) is 2.92. The average molecular weight is 303 g/mol. The number of rotatable bonds is 6. The van der Waals surface area contributed by atoms with Crippen LogP contribution in [0.25, 0.3) is 4.96 Å². The van der Waals surface area contributed by atoms with Gasteiger partial charge >= 0.3 is 0 Å². The van der Waals surface area contributed by atoms with Gasteiger partial charge in [0.25, 0.3) is 0 Å². The molecule has 3 rings (SSSR count). The van der Waals surface area contributed by atoms with Crippen LogP contribution in [0.2, 0.25) is 0 Å². The normalized spacial score (nSPS) is 11.1. The summed E-state index contributed by atoms with van der Waals surface area (Å²) in [5.74, 6) is 1.38. The second-order valence-corrected chi connectivity index (χ2v) is 5.51. The molecule has 0 aliphatic rings.